The van der Waals surface area contributed by atoms with Crippen molar-refractivity contribution in [1.82, 2.24) is 4.98 Å². The molecule has 2 aromatic carbocycles. The van der Waals surface area contributed by atoms with E-state index in [1.165, 1.54) is 69.1 Å². The smallest absolute Gasteiger partial charge is 0.450 e. The van der Waals surface area contributed by atoms with Gasteiger partial charge in [-0.2, -0.15) is 13.2 Å². The molecule has 2 aromatic heterocycles. The molecule has 34 heavy (non-hydrogen) atoms. The molecule has 0 aliphatic carbocycles. The van der Waals surface area contributed by atoms with Gasteiger partial charge in [0.1, 0.15) is 11.3 Å². The van der Waals surface area contributed by atoms with E-state index in [0.29, 0.717) is 0 Å². The number of halogens is 3. The molecule has 174 valence electrons. The second-order valence-electron chi connectivity index (χ2n) is 6.99. The Hall–Kier alpha value is -4.34. The van der Waals surface area contributed by atoms with Crippen molar-refractivity contribution in [2.24, 2.45) is 0 Å². The second kappa shape index (κ2) is 8.89. The Kier molecular flexibility index (Phi) is 5.97. The Morgan fingerprint density at radius 2 is 1.76 bits per heavy atom. The first-order valence-electron chi connectivity index (χ1n) is 9.75. The van der Waals surface area contributed by atoms with Crippen molar-refractivity contribution in [3.05, 3.63) is 82.5 Å². The van der Waals surface area contributed by atoms with E-state index in [1.807, 2.05) is 0 Å². The minimum absolute atomic E-state index is 0.0623. The van der Waals surface area contributed by atoms with E-state index in [2.05, 4.69) is 4.98 Å². The maximum Gasteiger partial charge on any atom is 0.450 e. The summed E-state index contributed by atoms with van der Waals surface area (Å²) in [5.74, 6) is -1.94. The van der Waals surface area contributed by atoms with Crippen LogP contribution in [0.5, 0.6) is 17.2 Å². The number of carbonyl (C=O) groups is 1. The van der Waals surface area contributed by atoms with Crippen LogP contribution in [-0.4, -0.2) is 25.2 Å². The summed E-state index contributed by atoms with van der Waals surface area (Å²) in [4.78, 5) is 29.2. The molecule has 0 bridgehead atoms. The number of benzene rings is 2. The van der Waals surface area contributed by atoms with Crippen LogP contribution in [0.2, 0.25) is 0 Å². The minimum atomic E-state index is -4.99. The highest BCUT2D eigenvalue weighted by Crippen LogP contribution is 2.40. The fourth-order valence-corrected chi connectivity index (χ4v) is 3.34. The van der Waals surface area contributed by atoms with E-state index >= 15 is 0 Å². The van der Waals surface area contributed by atoms with Gasteiger partial charge in [0.25, 0.3) is 0 Å². The zero-order chi connectivity index (χ0) is 24.5. The lowest BCUT2D eigenvalue weighted by Gasteiger charge is -2.15. The predicted octanol–water partition coefficient (Wildman–Crippen LogP) is 5.11. The average molecular weight is 471 g/mol. The van der Waals surface area contributed by atoms with E-state index < -0.39 is 34.5 Å². The maximum absolute atomic E-state index is 13.9. The summed E-state index contributed by atoms with van der Waals surface area (Å²) in [5, 5.41) is -0.126. The molecule has 0 fully saturated rings. The van der Waals surface area contributed by atoms with Gasteiger partial charge in [-0.25, -0.2) is 4.79 Å². The molecular formula is C24H16F3NO6. The van der Waals surface area contributed by atoms with Gasteiger partial charge in [-0.15, -0.1) is 0 Å². The Morgan fingerprint density at radius 1 is 1.00 bits per heavy atom. The molecule has 10 heteroatoms. The molecule has 0 atom stereocenters. The van der Waals surface area contributed by atoms with Gasteiger partial charge in [-0.1, -0.05) is 6.07 Å². The number of methoxy groups -OCH3 is 2. The van der Waals surface area contributed by atoms with Crippen LogP contribution in [0.15, 0.2) is 70.1 Å². The maximum atomic E-state index is 13.9. The first-order valence-corrected chi connectivity index (χ1v) is 9.75. The number of hydrogen-bond donors (Lipinski definition) is 0. The highest BCUT2D eigenvalue weighted by atomic mass is 19.4. The monoisotopic (exact) mass is 471 g/mol. The van der Waals surface area contributed by atoms with Crippen molar-refractivity contribution in [2.45, 2.75) is 6.18 Å². The average Bonchev–Trinajstić information content (AvgIpc) is 2.83. The zero-order valence-corrected chi connectivity index (χ0v) is 17.8. The second-order valence-corrected chi connectivity index (χ2v) is 6.99. The van der Waals surface area contributed by atoms with Crippen LogP contribution in [0.3, 0.4) is 0 Å². The fourth-order valence-electron chi connectivity index (χ4n) is 3.34. The summed E-state index contributed by atoms with van der Waals surface area (Å²) in [6.45, 7) is 0. The standard InChI is InChI=1S/C24H16F3NO6/c1-31-17-8-5-13(10-19(17)32-2)20-21(29)16-7-6-15(11-18(16)34-22(20)24(25,26)27)33-23(30)14-4-3-9-28-12-14/h3-12H,1-2H3. The summed E-state index contributed by atoms with van der Waals surface area (Å²) < 4.78 is 62.4. The number of carbonyl (C=O) groups excluding carboxylic acids is 1. The fraction of sp³-hybridized carbons (Fsp3) is 0.125. The number of ether oxygens (including phenoxy) is 3. The summed E-state index contributed by atoms with van der Waals surface area (Å²) in [7, 11) is 2.70. The summed E-state index contributed by atoms with van der Waals surface area (Å²) in [6.07, 6.45) is -2.24. The van der Waals surface area contributed by atoms with Crippen LogP contribution in [0.25, 0.3) is 22.1 Å². The van der Waals surface area contributed by atoms with E-state index in [9.17, 15) is 22.8 Å². The number of hydrogen-bond acceptors (Lipinski definition) is 7. The zero-order valence-electron chi connectivity index (χ0n) is 17.8. The van der Waals surface area contributed by atoms with Crippen molar-refractivity contribution in [1.29, 1.82) is 0 Å². The Balaban J connectivity index is 1.85. The SMILES string of the molecule is COc1ccc(-c2c(C(F)(F)F)oc3cc(OC(=O)c4cccnc4)ccc3c2=O)cc1OC. The number of aromatic nitrogens is 1. The van der Waals surface area contributed by atoms with Gasteiger partial charge in [-0.05, 0) is 42.0 Å². The summed E-state index contributed by atoms with van der Waals surface area (Å²) >= 11 is 0. The molecule has 7 nitrogen and oxygen atoms in total. The van der Waals surface area contributed by atoms with Crippen LogP contribution < -0.4 is 19.6 Å². The van der Waals surface area contributed by atoms with Crippen molar-refractivity contribution in [3.63, 3.8) is 0 Å². The van der Waals surface area contributed by atoms with Gasteiger partial charge in [0.15, 0.2) is 11.5 Å². The molecule has 4 rings (SSSR count). The van der Waals surface area contributed by atoms with Gasteiger partial charge in [0.2, 0.25) is 11.2 Å². The largest absolute Gasteiger partial charge is 0.493 e. The third-order valence-corrected chi connectivity index (χ3v) is 4.90. The summed E-state index contributed by atoms with van der Waals surface area (Å²) in [5.41, 5.74) is -1.90. The van der Waals surface area contributed by atoms with Crippen molar-refractivity contribution >= 4 is 16.9 Å². The molecule has 0 amide bonds. The molecular weight excluding hydrogens is 455 g/mol. The molecule has 0 saturated carbocycles. The molecule has 0 aliphatic heterocycles. The van der Waals surface area contributed by atoms with Crippen LogP contribution in [-0.2, 0) is 6.18 Å². The van der Waals surface area contributed by atoms with Gasteiger partial charge < -0.3 is 18.6 Å². The lowest BCUT2D eigenvalue weighted by Crippen LogP contribution is -2.16. The van der Waals surface area contributed by atoms with Crippen molar-refractivity contribution in [2.75, 3.05) is 14.2 Å². The molecule has 0 spiro atoms. The van der Waals surface area contributed by atoms with Crippen LogP contribution in [0.4, 0.5) is 13.2 Å². The first-order chi connectivity index (χ1) is 16.2. The number of rotatable bonds is 5. The number of pyridine rings is 1. The molecule has 4 aromatic rings. The third-order valence-electron chi connectivity index (χ3n) is 4.90. The lowest BCUT2D eigenvalue weighted by molar-refractivity contribution is -0.152. The molecule has 0 N–H and O–H groups in total. The minimum Gasteiger partial charge on any atom is -0.493 e. The quantitative estimate of drug-likeness (QED) is 0.295. The number of fused-ring (bicyclic) bond motifs is 1. The molecule has 0 unspecified atom stereocenters. The topological polar surface area (TPSA) is 87.9 Å². The molecule has 2 heterocycles. The lowest BCUT2D eigenvalue weighted by atomic mass is 10.0. The van der Waals surface area contributed by atoms with Gasteiger partial charge in [0, 0.05) is 18.5 Å². The van der Waals surface area contributed by atoms with Crippen LogP contribution in [0, 0.1) is 0 Å². The van der Waals surface area contributed by atoms with E-state index in [-0.39, 0.29) is 33.8 Å². The predicted molar refractivity (Wildman–Crippen MR) is 115 cm³/mol. The summed E-state index contributed by atoms with van der Waals surface area (Å²) in [6, 6.07) is 10.5. The van der Waals surface area contributed by atoms with E-state index in [1.54, 1.807) is 0 Å². The van der Waals surface area contributed by atoms with Gasteiger partial charge >= 0.3 is 12.1 Å². The van der Waals surface area contributed by atoms with Crippen molar-refractivity contribution in [3.8, 4) is 28.4 Å². The Labute approximate surface area is 190 Å². The van der Waals surface area contributed by atoms with E-state index in [0.717, 1.165) is 6.07 Å². The highest BCUT2D eigenvalue weighted by molar-refractivity contribution is 5.91. The molecule has 0 saturated heterocycles. The first kappa shape index (κ1) is 22.8. The van der Waals surface area contributed by atoms with E-state index in [4.69, 9.17) is 18.6 Å². The number of esters is 1. The Morgan fingerprint density at radius 3 is 2.41 bits per heavy atom. The third kappa shape index (κ3) is 4.29. The number of nitrogens with zero attached hydrogens (tertiary/aromatic N) is 1. The van der Waals surface area contributed by atoms with Gasteiger partial charge in [-0.3, -0.25) is 9.78 Å². The van der Waals surface area contributed by atoms with Crippen molar-refractivity contribution < 1.29 is 36.6 Å². The molecule has 0 radical (unpaired) electrons. The van der Waals surface area contributed by atoms with Gasteiger partial charge in [0.05, 0.1) is 30.7 Å². The molecule has 0 aliphatic rings. The highest BCUT2D eigenvalue weighted by Gasteiger charge is 2.39. The Bertz CT molecular complexity index is 1430. The van der Waals surface area contributed by atoms with Crippen LogP contribution >= 0.6 is 0 Å². The normalized spacial score (nSPS) is 11.3. The number of alkyl halides is 3. The van der Waals surface area contributed by atoms with Crippen LogP contribution in [0.1, 0.15) is 16.1 Å².